The molecule has 1 saturated carbocycles. The maximum Gasteiger partial charge on any atom is 0.223 e. The van der Waals surface area contributed by atoms with Gasteiger partial charge in [-0.1, -0.05) is 5.16 Å². The highest BCUT2D eigenvalue weighted by atomic mass is 16.5. The van der Waals surface area contributed by atoms with E-state index in [9.17, 15) is 4.79 Å². The van der Waals surface area contributed by atoms with E-state index >= 15 is 0 Å². The van der Waals surface area contributed by atoms with Gasteiger partial charge < -0.3 is 15.6 Å². The number of hydrogen-bond acceptors (Lipinski definition) is 4. The molecule has 94 valence electrons. The summed E-state index contributed by atoms with van der Waals surface area (Å²) in [5, 5.41) is 6.79. The van der Waals surface area contributed by atoms with Crippen LogP contribution in [0.5, 0.6) is 0 Å². The Labute approximate surface area is 101 Å². The molecule has 2 unspecified atom stereocenters. The number of rotatable bonds is 3. The van der Waals surface area contributed by atoms with E-state index in [1.165, 1.54) is 0 Å². The number of carbonyl (C=O) groups is 1. The molecule has 0 radical (unpaired) electrons. The summed E-state index contributed by atoms with van der Waals surface area (Å²) < 4.78 is 5.05. The van der Waals surface area contributed by atoms with Crippen LogP contribution in [0, 0.1) is 19.8 Å². The molecule has 1 aliphatic rings. The Morgan fingerprint density at radius 2 is 2.29 bits per heavy atom. The minimum atomic E-state index is 0.0745. The highest BCUT2D eigenvalue weighted by Gasteiger charge is 2.27. The van der Waals surface area contributed by atoms with Crippen molar-refractivity contribution in [2.45, 2.75) is 45.7 Å². The summed E-state index contributed by atoms with van der Waals surface area (Å²) in [7, 11) is 0. The molecule has 3 N–H and O–H groups in total. The monoisotopic (exact) mass is 237 g/mol. The Morgan fingerprint density at radius 1 is 1.53 bits per heavy atom. The first-order valence-corrected chi connectivity index (χ1v) is 6.03. The van der Waals surface area contributed by atoms with Crippen molar-refractivity contribution in [3.63, 3.8) is 0 Å². The van der Waals surface area contributed by atoms with Gasteiger partial charge in [-0.2, -0.15) is 0 Å². The minimum absolute atomic E-state index is 0.0745. The zero-order chi connectivity index (χ0) is 12.4. The molecule has 5 heteroatoms. The molecule has 1 fully saturated rings. The molecule has 1 aromatic rings. The smallest absolute Gasteiger partial charge is 0.223 e. The largest absolute Gasteiger partial charge is 0.361 e. The summed E-state index contributed by atoms with van der Waals surface area (Å²) in [4.78, 5) is 11.9. The van der Waals surface area contributed by atoms with Gasteiger partial charge in [0.05, 0.1) is 5.69 Å². The third kappa shape index (κ3) is 2.66. The quantitative estimate of drug-likeness (QED) is 0.823. The lowest BCUT2D eigenvalue weighted by Gasteiger charge is -2.10. The molecular weight excluding hydrogens is 218 g/mol. The van der Waals surface area contributed by atoms with Gasteiger partial charge in [-0.05, 0) is 33.1 Å². The van der Waals surface area contributed by atoms with Crippen molar-refractivity contribution >= 4 is 5.91 Å². The van der Waals surface area contributed by atoms with E-state index in [2.05, 4.69) is 10.5 Å². The first-order valence-electron chi connectivity index (χ1n) is 6.03. The van der Waals surface area contributed by atoms with Gasteiger partial charge in [-0.25, -0.2) is 0 Å². The number of aryl methyl sites for hydroxylation is 2. The van der Waals surface area contributed by atoms with Gasteiger partial charge in [0, 0.05) is 24.1 Å². The second-order valence-corrected chi connectivity index (χ2v) is 4.79. The van der Waals surface area contributed by atoms with Crippen LogP contribution in [0.4, 0.5) is 0 Å². The number of amides is 1. The van der Waals surface area contributed by atoms with Crippen molar-refractivity contribution in [3.05, 3.63) is 17.0 Å². The molecule has 2 atom stereocenters. The Bertz CT molecular complexity index is 394. The highest BCUT2D eigenvalue weighted by molar-refractivity contribution is 5.79. The second-order valence-electron chi connectivity index (χ2n) is 4.79. The van der Waals surface area contributed by atoms with Crippen LogP contribution in [0.15, 0.2) is 4.52 Å². The van der Waals surface area contributed by atoms with Crippen molar-refractivity contribution in [1.82, 2.24) is 10.5 Å². The van der Waals surface area contributed by atoms with Crippen LogP contribution in [0.2, 0.25) is 0 Å². The standard InChI is InChI=1S/C12H19N3O2/c1-7-11(8(2)17-15-7)6-14-12(16)9-3-4-10(13)5-9/h9-10H,3-6,13H2,1-2H3,(H,14,16). The average molecular weight is 237 g/mol. The average Bonchev–Trinajstić information content (AvgIpc) is 2.84. The van der Waals surface area contributed by atoms with E-state index in [1.54, 1.807) is 0 Å². The van der Waals surface area contributed by atoms with E-state index in [0.717, 1.165) is 36.3 Å². The highest BCUT2D eigenvalue weighted by Crippen LogP contribution is 2.24. The number of nitrogens with one attached hydrogen (secondary N) is 1. The molecular formula is C12H19N3O2. The van der Waals surface area contributed by atoms with Gasteiger partial charge in [-0.3, -0.25) is 4.79 Å². The predicted octanol–water partition coefficient (Wildman–Crippen LogP) is 1.04. The Kier molecular flexibility index (Phi) is 3.47. The topological polar surface area (TPSA) is 81.2 Å². The summed E-state index contributed by atoms with van der Waals surface area (Å²) in [6.45, 7) is 4.22. The third-order valence-electron chi connectivity index (χ3n) is 3.46. The van der Waals surface area contributed by atoms with E-state index in [0.29, 0.717) is 6.54 Å². The lowest BCUT2D eigenvalue weighted by Crippen LogP contribution is -2.30. The molecule has 0 aromatic carbocycles. The molecule has 0 aliphatic heterocycles. The summed E-state index contributed by atoms with van der Waals surface area (Å²) in [5.41, 5.74) is 7.61. The van der Waals surface area contributed by atoms with Crippen molar-refractivity contribution < 1.29 is 9.32 Å². The van der Waals surface area contributed by atoms with Crippen molar-refractivity contribution in [3.8, 4) is 0 Å². The van der Waals surface area contributed by atoms with Crippen LogP contribution in [0.1, 0.15) is 36.3 Å². The third-order valence-corrected chi connectivity index (χ3v) is 3.46. The Morgan fingerprint density at radius 3 is 2.82 bits per heavy atom. The molecule has 5 nitrogen and oxygen atoms in total. The zero-order valence-corrected chi connectivity index (χ0v) is 10.3. The van der Waals surface area contributed by atoms with Gasteiger partial charge >= 0.3 is 0 Å². The van der Waals surface area contributed by atoms with Crippen molar-refractivity contribution in [2.75, 3.05) is 0 Å². The summed E-state index contributed by atoms with van der Waals surface area (Å²) in [6, 6.07) is 0.185. The van der Waals surface area contributed by atoms with E-state index in [-0.39, 0.29) is 17.9 Å². The second kappa shape index (κ2) is 4.87. The van der Waals surface area contributed by atoms with Crippen LogP contribution >= 0.6 is 0 Å². The molecule has 17 heavy (non-hydrogen) atoms. The SMILES string of the molecule is Cc1noc(C)c1CNC(=O)C1CCC(N)C1. The van der Waals surface area contributed by atoms with E-state index in [4.69, 9.17) is 10.3 Å². The lowest BCUT2D eigenvalue weighted by atomic mass is 10.1. The fraction of sp³-hybridized carbons (Fsp3) is 0.667. The number of aromatic nitrogens is 1. The van der Waals surface area contributed by atoms with Crippen LogP contribution in [0.3, 0.4) is 0 Å². The van der Waals surface area contributed by atoms with Crippen molar-refractivity contribution in [1.29, 1.82) is 0 Å². The molecule has 1 amide bonds. The molecule has 0 spiro atoms. The maximum absolute atomic E-state index is 11.9. The number of nitrogens with zero attached hydrogens (tertiary/aromatic N) is 1. The summed E-state index contributed by atoms with van der Waals surface area (Å²) in [6.07, 6.45) is 2.64. The fourth-order valence-corrected chi connectivity index (χ4v) is 2.33. The lowest BCUT2D eigenvalue weighted by molar-refractivity contribution is -0.125. The van der Waals surface area contributed by atoms with Gasteiger partial charge in [0.25, 0.3) is 0 Å². The van der Waals surface area contributed by atoms with E-state index < -0.39 is 0 Å². The molecule has 0 bridgehead atoms. The zero-order valence-electron chi connectivity index (χ0n) is 10.3. The minimum Gasteiger partial charge on any atom is -0.361 e. The molecule has 2 rings (SSSR count). The maximum atomic E-state index is 11.9. The van der Waals surface area contributed by atoms with E-state index in [1.807, 2.05) is 13.8 Å². The van der Waals surface area contributed by atoms with Crippen LogP contribution < -0.4 is 11.1 Å². The van der Waals surface area contributed by atoms with Crippen LogP contribution in [-0.4, -0.2) is 17.1 Å². The first kappa shape index (κ1) is 12.1. The van der Waals surface area contributed by atoms with Crippen LogP contribution in [-0.2, 0) is 11.3 Å². The first-order chi connectivity index (χ1) is 8.08. The van der Waals surface area contributed by atoms with Crippen LogP contribution in [0.25, 0.3) is 0 Å². The number of nitrogens with two attached hydrogens (primary N) is 1. The molecule has 0 saturated heterocycles. The van der Waals surface area contributed by atoms with Gasteiger partial charge in [0.15, 0.2) is 0 Å². The van der Waals surface area contributed by atoms with Crippen molar-refractivity contribution in [2.24, 2.45) is 11.7 Å². The summed E-state index contributed by atoms with van der Waals surface area (Å²) >= 11 is 0. The Balaban J connectivity index is 1.88. The van der Waals surface area contributed by atoms with Gasteiger partial charge in [-0.15, -0.1) is 0 Å². The number of carbonyl (C=O) groups excluding carboxylic acids is 1. The number of hydrogen-bond donors (Lipinski definition) is 2. The molecule has 1 heterocycles. The Hall–Kier alpha value is -1.36. The molecule has 1 aliphatic carbocycles. The van der Waals surface area contributed by atoms with Gasteiger partial charge in [0.2, 0.25) is 5.91 Å². The normalized spacial score (nSPS) is 23.9. The summed E-state index contributed by atoms with van der Waals surface area (Å²) in [5.74, 6) is 0.939. The molecule has 1 aromatic heterocycles. The predicted molar refractivity (Wildman–Crippen MR) is 63.1 cm³/mol. The fourth-order valence-electron chi connectivity index (χ4n) is 2.33. The van der Waals surface area contributed by atoms with Gasteiger partial charge in [0.1, 0.15) is 5.76 Å².